The second kappa shape index (κ2) is 15.0. The third kappa shape index (κ3) is 7.71. The van der Waals surface area contributed by atoms with Crippen LogP contribution in [0.5, 0.6) is 5.75 Å². The number of thiophene rings is 1. The Hall–Kier alpha value is -4.22. The molecule has 0 aliphatic carbocycles. The highest BCUT2D eigenvalue weighted by molar-refractivity contribution is 7.22. The summed E-state index contributed by atoms with van der Waals surface area (Å²) in [4.78, 5) is 22.2. The van der Waals surface area contributed by atoms with Crippen molar-refractivity contribution in [1.29, 1.82) is 0 Å². The van der Waals surface area contributed by atoms with Crippen LogP contribution in [-0.2, 0) is 4.79 Å². The molecule has 0 saturated carbocycles. The fourth-order valence-corrected chi connectivity index (χ4v) is 5.20. The summed E-state index contributed by atoms with van der Waals surface area (Å²) in [6.45, 7) is 10.2. The van der Waals surface area contributed by atoms with Crippen molar-refractivity contribution in [1.82, 2.24) is 20.7 Å². The molecule has 10 nitrogen and oxygen atoms in total. The maximum Gasteiger partial charge on any atom is 0.147 e. The average molecular weight is 576 g/mol. The Labute approximate surface area is 244 Å². The van der Waals surface area contributed by atoms with Gasteiger partial charge in [-0.1, -0.05) is 38.6 Å². The summed E-state index contributed by atoms with van der Waals surface area (Å²) in [6, 6.07) is 12.9. The zero-order valence-electron chi connectivity index (χ0n) is 22.8. The lowest BCUT2D eigenvalue weighted by Gasteiger charge is -2.21. The van der Waals surface area contributed by atoms with E-state index in [1.165, 1.54) is 0 Å². The number of carbonyl (C=O) groups excluding carboxylic acids is 1. The fourth-order valence-electron chi connectivity index (χ4n) is 4.12. The SMILES string of the molecule is C.C=N/C=C(\C=NCCN(CCNC)c1cc2nnc(-c3ccccc3O)cc2s1)c1cc(C(C=O)C(C)C)on1. The van der Waals surface area contributed by atoms with Gasteiger partial charge < -0.3 is 24.6 Å². The van der Waals surface area contributed by atoms with E-state index in [-0.39, 0.29) is 25.0 Å². The molecule has 0 aliphatic heterocycles. The van der Waals surface area contributed by atoms with Gasteiger partial charge in [-0.3, -0.25) is 9.98 Å². The number of nitrogens with zero attached hydrogens (tertiary/aromatic N) is 6. The summed E-state index contributed by atoms with van der Waals surface area (Å²) in [5.41, 5.74) is 3.28. The molecule has 0 aliphatic rings. The van der Waals surface area contributed by atoms with Crippen LogP contribution in [0.2, 0.25) is 0 Å². The summed E-state index contributed by atoms with van der Waals surface area (Å²) in [7, 11) is 1.92. The number of hydrogen-bond donors (Lipinski definition) is 2. The van der Waals surface area contributed by atoms with Crippen LogP contribution >= 0.6 is 11.3 Å². The van der Waals surface area contributed by atoms with Gasteiger partial charge >= 0.3 is 0 Å². The second-order valence-corrected chi connectivity index (χ2v) is 10.6. The molecular formula is C30H37N7O3S. The van der Waals surface area contributed by atoms with E-state index in [1.54, 1.807) is 42.0 Å². The maximum atomic E-state index is 11.5. The first-order valence-corrected chi connectivity index (χ1v) is 13.8. The summed E-state index contributed by atoms with van der Waals surface area (Å²) in [6.07, 6.45) is 4.15. The number of anilines is 1. The summed E-state index contributed by atoms with van der Waals surface area (Å²) >= 11 is 1.63. The van der Waals surface area contributed by atoms with Crippen LogP contribution in [0.25, 0.3) is 27.0 Å². The number of phenolic OH excluding ortho intramolecular Hbond substituents is 1. The van der Waals surface area contributed by atoms with Crippen molar-refractivity contribution in [2.75, 3.05) is 38.1 Å². The molecule has 1 atom stereocenters. The van der Waals surface area contributed by atoms with Crippen molar-refractivity contribution in [3.63, 3.8) is 0 Å². The summed E-state index contributed by atoms with van der Waals surface area (Å²) in [5, 5.41) is 27.3. The van der Waals surface area contributed by atoms with Gasteiger partial charge in [0, 0.05) is 55.3 Å². The molecular weight excluding hydrogens is 538 g/mol. The number of nitrogens with one attached hydrogen (secondary N) is 1. The minimum atomic E-state index is -0.364. The van der Waals surface area contributed by atoms with E-state index < -0.39 is 0 Å². The first kappa shape index (κ1) is 31.3. The third-order valence-electron chi connectivity index (χ3n) is 6.36. The van der Waals surface area contributed by atoms with Crippen LogP contribution in [0.15, 0.2) is 63.2 Å². The Kier molecular flexibility index (Phi) is 11.4. The van der Waals surface area contributed by atoms with Gasteiger partial charge in [-0.05, 0) is 37.9 Å². The van der Waals surface area contributed by atoms with Crippen molar-refractivity contribution in [3.05, 3.63) is 60.1 Å². The highest BCUT2D eigenvalue weighted by atomic mass is 32.1. The molecule has 0 radical (unpaired) electrons. The normalized spacial score (nSPS) is 12.5. The van der Waals surface area contributed by atoms with Gasteiger partial charge in [0.05, 0.1) is 27.9 Å². The first-order valence-electron chi connectivity index (χ1n) is 13.0. The number of aldehydes is 1. The van der Waals surface area contributed by atoms with Gasteiger partial charge in [0.2, 0.25) is 0 Å². The number of aromatic nitrogens is 3. The number of fused-ring (bicyclic) bond motifs is 1. The predicted octanol–water partition coefficient (Wildman–Crippen LogP) is 5.46. The number of aromatic hydroxyl groups is 1. The van der Waals surface area contributed by atoms with Crippen LogP contribution in [0.1, 0.15) is 38.6 Å². The minimum Gasteiger partial charge on any atom is -0.507 e. The Bertz CT molecular complexity index is 1510. The molecule has 0 bridgehead atoms. The topological polar surface area (TPSA) is 129 Å². The number of rotatable bonds is 14. The van der Waals surface area contributed by atoms with Crippen molar-refractivity contribution >= 4 is 51.3 Å². The molecule has 216 valence electrons. The Morgan fingerprint density at radius 1 is 1.22 bits per heavy atom. The lowest BCUT2D eigenvalue weighted by molar-refractivity contribution is -0.110. The lowest BCUT2D eigenvalue weighted by Crippen LogP contribution is -2.32. The van der Waals surface area contributed by atoms with Crippen LogP contribution in [-0.4, -0.2) is 72.9 Å². The van der Waals surface area contributed by atoms with E-state index in [2.05, 4.69) is 42.3 Å². The lowest BCUT2D eigenvalue weighted by atomic mass is 9.94. The highest BCUT2D eigenvalue weighted by Gasteiger charge is 2.21. The molecule has 1 aromatic carbocycles. The highest BCUT2D eigenvalue weighted by Crippen LogP contribution is 2.35. The number of likely N-dealkylation sites (N-methyl/N-ethyl adjacent to an activating group) is 1. The van der Waals surface area contributed by atoms with Crippen LogP contribution in [0.4, 0.5) is 5.00 Å². The quantitative estimate of drug-likeness (QED) is 0.150. The van der Waals surface area contributed by atoms with Crippen molar-refractivity contribution < 1.29 is 14.4 Å². The smallest absolute Gasteiger partial charge is 0.147 e. The summed E-state index contributed by atoms with van der Waals surface area (Å²) in [5.74, 6) is 0.418. The fraction of sp³-hybridized carbons (Fsp3) is 0.333. The van der Waals surface area contributed by atoms with Gasteiger partial charge in [-0.25, -0.2) is 0 Å². The number of phenols is 1. The van der Waals surface area contributed by atoms with E-state index in [0.29, 0.717) is 41.4 Å². The van der Waals surface area contributed by atoms with Gasteiger partial charge in [0.25, 0.3) is 0 Å². The van der Waals surface area contributed by atoms with E-state index >= 15 is 0 Å². The van der Waals surface area contributed by atoms with Crippen LogP contribution < -0.4 is 10.2 Å². The molecule has 3 aromatic heterocycles. The largest absolute Gasteiger partial charge is 0.507 e. The molecule has 4 rings (SSSR count). The number of aliphatic imine (C=N–C) groups is 2. The average Bonchev–Trinajstić information content (AvgIpc) is 3.60. The second-order valence-electron chi connectivity index (χ2n) is 9.49. The molecule has 0 saturated heterocycles. The Balaban J connectivity index is 0.00000462. The number of allylic oxidation sites excluding steroid dienone is 1. The molecule has 0 amide bonds. The van der Waals surface area contributed by atoms with Crippen molar-refractivity contribution in [2.24, 2.45) is 15.9 Å². The molecule has 11 heteroatoms. The van der Waals surface area contributed by atoms with Gasteiger partial charge in [-0.2, -0.15) is 0 Å². The Morgan fingerprint density at radius 3 is 2.73 bits per heavy atom. The maximum absolute atomic E-state index is 11.5. The van der Waals surface area contributed by atoms with Gasteiger partial charge in [0.1, 0.15) is 29.0 Å². The summed E-state index contributed by atoms with van der Waals surface area (Å²) < 4.78 is 6.43. The van der Waals surface area contributed by atoms with Crippen LogP contribution in [0.3, 0.4) is 0 Å². The zero-order valence-corrected chi connectivity index (χ0v) is 23.6. The first-order chi connectivity index (χ1) is 19.4. The predicted molar refractivity (Wildman–Crippen MR) is 168 cm³/mol. The molecule has 4 aromatic rings. The minimum absolute atomic E-state index is 0. The zero-order chi connectivity index (χ0) is 28.5. The number of para-hydroxylation sites is 1. The van der Waals surface area contributed by atoms with Crippen LogP contribution in [0, 0.1) is 5.92 Å². The third-order valence-corrected chi connectivity index (χ3v) is 7.49. The van der Waals surface area contributed by atoms with Gasteiger partial charge in [0.15, 0.2) is 0 Å². The van der Waals surface area contributed by atoms with E-state index in [4.69, 9.17) is 4.52 Å². The van der Waals surface area contributed by atoms with Gasteiger partial charge in [-0.15, -0.1) is 21.5 Å². The van der Waals surface area contributed by atoms with E-state index in [9.17, 15) is 9.90 Å². The van der Waals surface area contributed by atoms with Crippen molar-refractivity contribution in [2.45, 2.75) is 27.2 Å². The molecule has 3 heterocycles. The monoisotopic (exact) mass is 575 g/mol. The molecule has 0 spiro atoms. The molecule has 2 N–H and O–H groups in total. The molecule has 41 heavy (non-hydrogen) atoms. The number of benzene rings is 1. The van der Waals surface area contributed by atoms with E-state index in [1.807, 2.05) is 45.2 Å². The molecule has 0 fully saturated rings. The standard InChI is InChI=1S/C29H33N7O3S.CH4/c1-19(2)22(18-37)27-13-23(35-39-27)20(16-31-4)17-32-10-12-36(11-9-30-3)29-15-25-28(40-29)14-24(33-34-25)21-7-5-6-8-26(21)38;/h5-8,13-19,22,30,38H,4,9-12H2,1-3H3;1H4/b20-16+,32-17?;. The molecule has 1 unspecified atom stereocenters. The number of carbonyl (C=O) groups is 1. The van der Waals surface area contributed by atoms with Crippen molar-refractivity contribution in [3.8, 4) is 17.0 Å². The van der Waals surface area contributed by atoms with E-state index in [0.717, 1.165) is 34.6 Å². The Morgan fingerprint density at radius 2 is 2.02 bits per heavy atom. The number of hydrogen-bond acceptors (Lipinski definition) is 11.